The third kappa shape index (κ3) is 2.94. The van der Waals surface area contributed by atoms with Crippen LogP contribution in [0.1, 0.15) is 23.6 Å². The van der Waals surface area contributed by atoms with Gasteiger partial charge in [-0.2, -0.15) is 0 Å². The van der Waals surface area contributed by atoms with Gasteiger partial charge < -0.3 is 5.11 Å². The van der Waals surface area contributed by atoms with Gasteiger partial charge in [0.15, 0.2) is 0 Å². The number of aliphatic carboxylic acids is 1. The van der Waals surface area contributed by atoms with Gasteiger partial charge in [-0.25, -0.2) is 0 Å². The van der Waals surface area contributed by atoms with Gasteiger partial charge in [0, 0.05) is 27.2 Å². The Morgan fingerprint density at radius 1 is 1.18 bits per heavy atom. The highest BCUT2D eigenvalue weighted by atomic mass is 79.9. The normalized spacial score (nSPS) is 20.7. The Morgan fingerprint density at radius 3 is 2.50 bits per heavy atom. The van der Waals surface area contributed by atoms with E-state index in [-0.39, 0.29) is 6.04 Å². The van der Waals surface area contributed by atoms with Gasteiger partial charge in [-0.15, -0.1) is 0 Å². The Balaban J connectivity index is 2.01. The second-order valence-electron chi connectivity index (χ2n) is 5.20. The Hall–Kier alpha value is -1.65. The number of nitrogens with zero attached hydrogens (tertiary/aromatic N) is 1. The van der Waals surface area contributed by atoms with Crippen molar-refractivity contribution in [1.82, 2.24) is 0 Å². The van der Waals surface area contributed by atoms with Crippen molar-refractivity contribution < 1.29 is 9.90 Å². The summed E-state index contributed by atoms with van der Waals surface area (Å²) >= 11 is 9.60. The molecule has 1 aliphatic rings. The van der Waals surface area contributed by atoms with Gasteiger partial charge in [-0.1, -0.05) is 57.9 Å². The first-order valence-corrected chi connectivity index (χ1v) is 8.03. The maximum Gasteiger partial charge on any atom is 0.309 e. The molecule has 22 heavy (non-hydrogen) atoms. The summed E-state index contributed by atoms with van der Waals surface area (Å²) in [5.41, 5.74) is 2.47. The number of carboxylic acid groups (broad SMARTS) is 1. The molecule has 0 saturated carbocycles. The van der Waals surface area contributed by atoms with E-state index in [0.29, 0.717) is 11.4 Å². The zero-order valence-electron chi connectivity index (χ0n) is 11.5. The molecule has 3 nitrogen and oxygen atoms in total. The van der Waals surface area contributed by atoms with Gasteiger partial charge in [0.1, 0.15) is 0 Å². The van der Waals surface area contributed by atoms with Crippen LogP contribution in [0.2, 0.25) is 5.02 Å². The van der Waals surface area contributed by atoms with Crippen LogP contribution < -0.4 is 0 Å². The fraction of sp³-hybridized carbons (Fsp3) is 0.176. The molecule has 1 aliphatic heterocycles. The summed E-state index contributed by atoms with van der Waals surface area (Å²) in [5.74, 6) is -1.40. The average Bonchev–Trinajstić information content (AvgIpc) is 2.93. The molecule has 0 spiro atoms. The number of carbonyl (C=O) groups is 1. The summed E-state index contributed by atoms with van der Waals surface area (Å²) in [7, 11) is 0. The number of hydrogen-bond donors (Lipinski definition) is 1. The largest absolute Gasteiger partial charge is 0.481 e. The molecule has 3 rings (SSSR count). The fourth-order valence-corrected chi connectivity index (χ4v) is 3.20. The molecule has 0 bridgehead atoms. The molecule has 1 heterocycles. The van der Waals surface area contributed by atoms with Crippen LogP contribution in [-0.2, 0) is 4.79 Å². The molecule has 1 N–H and O–H groups in total. The number of benzene rings is 2. The first-order chi connectivity index (χ1) is 10.6. The zero-order valence-corrected chi connectivity index (χ0v) is 13.9. The van der Waals surface area contributed by atoms with E-state index < -0.39 is 11.9 Å². The number of hydrogen-bond acceptors (Lipinski definition) is 2. The summed E-state index contributed by atoms with van der Waals surface area (Å²) in [5, 5.41) is 10.1. The topological polar surface area (TPSA) is 49.7 Å². The molecule has 2 aromatic rings. The van der Waals surface area contributed by atoms with Crippen LogP contribution in [0.25, 0.3) is 0 Å². The van der Waals surface area contributed by atoms with Crippen molar-refractivity contribution in [3.8, 4) is 0 Å². The van der Waals surface area contributed by atoms with E-state index in [2.05, 4.69) is 20.9 Å². The van der Waals surface area contributed by atoms with Crippen LogP contribution in [0.4, 0.5) is 0 Å². The van der Waals surface area contributed by atoms with Crippen LogP contribution in [-0.4, -0.2) is 16.8 Å². The van der Waals surface area contributed by atoms with Crippen molar-refractivity contribution >= 4 is 39.2 Å². The third-order valence-electron chi connectivity index (χ3n) is 3.80. The first kappa shape index (κ1) is 15.3. The Kier molecular flexibility index (Phi) is 4.32. The van der Waals surface area contributed by atoms with Crippen LogP contribution in [0.5, 0.6) is 0 Å². The van der Waals surface area contributed by atoms with E-state index in [0.717, 1.165) is 21.3 Å². The maximum atomic E-state index is 11.6. The zero-order chi connectivity index (χ0) is 15.7. The third-order valence-corrected chi connectivity index (χ3v) is 4.66. The van der Waals surface area contributed by atoms with Gasteiger partial charge in [0.25, 0.3) is 0 Å². The van der Waals surface area contributed by atoms with Crippen molar-refractivity contribution in [2.45, 2.75) is 12.5 Å². The molecule has 2 aromatic carbocycles. The highest BCUT2D eigenvalue weighted by Gasteiger charge is 2.36. The molecule has 0 saturated heterocycles. The number of aliphatic imine (C=N–C) groups is 1. The predicted octanol–water partition coefficient (Wildman–Crippen LogP) is 4.74. The Labute approximate surface area is 141 Å². The lowest BCUT2D eigenvalue weighted by Crippen LogP contribution is -2.18. The SMILES string of the molecule is O=C(O)[C@H]1CC(c2ccccc2Cl)=N[C@H]1c1ccc(Br)cc1. The van der Waals surface area contributed by atoms with E-state index in [1.165, 1.54) is 0 Å². The molecule has 0 fully saturated rings. The Morgan fingerprint density at radius 2 is 1.86 bits per heavy atom. The quantitative estimate of drug-likeness (QED) is 0.839. The molecular formula is C17H13BrClNO2. The van der Waals surface area contributed by atoms with E-state index in [4.69, 9.17) is 11.6 Å². The lowest BCUT2D eigenvalue weighted by Gasteiger charge is -2.13. The summed E-state index contributed by atoms with van der Waals surface area (Å²) in [6.07, 6.45) is 0.389. The fourth-order valence-electron chi connectivity index (χ4n) is 2.69. The summed E-state index contributed by atoms with van der Waals surface area (Å²) in [4.78, 5) is 16.3. The minimum Gasteiger partial charge on any atom is -0.481 e. The summed E-state index contributed by atoms with van der Waals surface area (Å²) < 4.78 is 0.955. The van der Waals surface area contributed by atoms with Gasteiger partial charge in [0.05, 0.1) is 12.0 Å². The molecule has 0 aliphatic carbocycles. The highest BCUT2D eigenvalue weighted by Crippen LogP contribution is 2.38. The second-order valence-corrected chi connectivity index (χ2v) is 6.52. The standard InChI is InChI=1S/C17H13BrClNO2/c18-11-7-5-10(6-8-11)16-13(17(21)22)9-15(20-16)12-3-1-2-4-14(12)19/h1-8,13,16H,9H2,(H,21,22)/t13-,16-/m0/s1. The van der Waals surface area contributed by atoms with Crippen molar-refractivity contribution in [3.63, 3.8) is 0 Å². The van der Waals surface area contributed by atoms with E-state index >= 15 is 0 Å². The van der Waals surface area contributed by atoms with Crippen LogP contribution in [0.15, 0.2) is 58.0 Å². The van der Waals surface area contributed by atoms with Gasteiger partial charge in [0.2, 0.25) is 0 Å². The van der Waals surface area contributed by atoms with Gasteiger partial charge in [-0.05, 0) is 23.8 Å². The van der Waals surface area contributed by atoms with Gasteiger partial charge >= 0.3 is 5.97 Å². The Bertz CT molecular complexity index is 743. The minimum atomic E-state index is -0.835. The molecule has 0 radical (unpaired) electrons. The average molecular weight is 379 g/mol. The summed E-state index contributed by atoms with van der Waals surface area (Å²) in [6.45, 7) is 0. The molecule has 5 heteroatoms. The number of halogens is 2. The molecular weight excluding hydrogens is 366 g/mol. The van der Waals surface area contributed by atoms with E-state index in [1.54, 1.807) is 6.07 Å². The van der Waals surface area contributed by atoms with Crippen molar-refractivity contribution in [3.05, 3.63) is 69.2 Å². The van der Waals surface area contributed by atoms with E-state index in [9.17, 15) is 9.90 Å². The van der Waals surface area contributed by atoms with Crippen LogP contribution in [0, 0.1) is 5.92 Å². The van der Waals surface area contributed by atoms with Gasteiger partial charge in [-0.3, -0.25) is 9.79 Å². The molecule has 0 unspecified atom stereocenters. The minimum absolute atomic E-state index is 0.378. The second kappa shape index (κ2) is 6.23. The van der Waals surface area contributed by atoms with Crippen molar-refractivity contribution in [2.24, 2.45) is 10.9 Å². The lowest BCUT2D eigenvalue weighted by atomic mass is 9.92. The van der Waals surface area contributed by atoms with Crippen molar-refractivity contribution in [1.29, 1.82) is 0 Å². The maximum absolute atomic E-state index is 11.6. The lowest BCUT2D eigenvalue weighted by molar-refractivity contribution is -0.141. The molecule has 0 aromatic heterocycles. The predicted molar refractivity (Wildman–Crippen MR) is 90.6 cm³/mol. The van der Waals surface area contributed by atoms with Crippen LogP contribution >= 0.6 is 27.5 Å². The number of carboxylic acids is 1. The van der Waals surface area contributed by atoms with E-state index in [1.807, 2.05) is 42.5 Å². The van der Waals surface area contributed by atoms with Crippen molar-refractivity contribution in [2.75, 3.05) is 0 Å². The smallest absolute Gasteiger partial charge is 0.309 e. The molecule has 0 amide bonds. The monoisotopic (exact) mass is 377 g/mol. The number of rotatable bonds is 3. The summed E-state index contributed by atoms with van der Waals surface area (Å²) in [6, 6.07) is 14.6. The highest BCUT2D eigenvalue weighted by molar-refractivity contribution is 9.10. The molecule has 2 atom stereocenters. The first-order valence-electron chi connectivity index (χ1n) is 6.86. The van der Waals surface area contributed by atoms with Crippen LogP contribution in [0.3, 0.4) is 0 Å². The molecule has 112 valence electrons.